The Bertz CT molecular complexity index is 616. The Morgan fingerprint density at radius 1 is 1.27 bits per heavy atom. The fourth-order valence-electron chi connectivity index (χ4n) is 2.35. The van der Waals surface area contributed by atoms with Crippen LogP contribution in [0.15, 0.2) is 60.7 Å². The number of hydrogen-bond donors (Lipinski definition) is 1. The first-order chi connectivity index (χ1) is 10.6. The number of nitrogens with zero attached hydrogens (tertiary/aromatic N) is 1. The molecule has 0 aromatic heterocycles. The highest BCUT2D eigenvalue weighted by molar-refractivity contribution is 5.94. The summed E-state index contributed by atoms with van der Waals surface area (Å²) in [6.07, 6.45) is 11.3. The molecule has 1 aliphatic carbocycles. The maximum absolute atomic E-state index is 12.5. The van der Waals surface area contributed by atoms with E-state index in [4.69, 9.17) is 0 Å². The van der Waals surface area contributed by atoms with Crippen molar-refractivity contribution in [3.63, 3.8) is 0 Å². The molecule has 1 aliphatic rings. The fraction of sp³-hybridized carbons (Fsp3) is 0.222. The Labute approximate surface area is 130 Å². The SMILES string of the molecule is C[C@@H](C(=O)O)N(C(=O)C=Cc1ccccc1)C1C=CC=CC1. The van der Waals surface area contributed by atoms with Gasteiger partial charge in [-0.3, -0.25) is 4.79 Å². The quantitative estimate of drug-likeness (QED) is 0.850. The Kier molecular flexibility index (Phi) is 5.31. The number of allylic oxidation sites excluding steroid dienone is 2. The summed E-state index contributed by atoms with van der Waals surface area (Å²) in [5.74, 6) is -1.31. The molecule has 0 saturated carbocycles. The number of carboxylic acid groups (broad SMARTS) is 1. The van der Waals surface area contributed by atoms with Gasteiger partial charge in [0.15, 0.2) is 0 Å². The van der Waals surface area contributed by atoms with Crippen LogP contribution in [0, 0.1) is 0 Å². The molecule has 0 heterocycles. The number of amides is 1. The van der Waals surface area contributed by atoms with Gasteiger partial charge in [-0.15, -0.1) is 0 Å². The monoisotopic (exact) mass is 297 g/mol. The lowest BCUT2D eigenvalue weighted by atomic mass is 10.0. The molecule has 4 heteroatoms. The first kappa shape index (κ1) is 15.8. The third-order valence-corrected chi connectivity index (χ3v) is 3.56. The molecule has 0 radical (unpaired) electrons. The first-order valence-corrected chi connectivity index (χ1v) is 7.21. The van der Waals surface area contributed by atoms with Crippen LogP contribution in [0.1, 0.15) is 18.9 Å². The van der Waals surface area contributed by atoms with Crippen molar-refractivity contribution in [2.75, 3.05) is 0 Å². The molecule has 2 rings (SSSR count). The van der Waals surface area contributed by atoms with E-state index in [1.165, 1.54) is 17.9 Å². The van der Waals surface area contributed by atoms with Crippen LogP contribution >= 0.6 is 0 Å². The zero-order chi connectivity index (χ0) is 15.9. The molecular weight excluding hydrogens is 278 g/mol. The number of benzene rings is 1. The molecule has 1 aromatic rings. The zero-order valence-corrected chi connectivity index (χ0v) is 12.4. The van der Waals surface area contributed by atoms with Crippen LogP contribution in [-0.2, 0) is 9.59 Å². The number of aliphatic carboxylic acids is 1. The summed E-state index contributed by atoms with van der Waals surface area (Å²) < 4.78 is 0. The number of rotatable bonds is 5. The first-order valence-electron chi connectivity index (χ1n) is 7.21. The number of carbonyl (C=O) groups excluding carboxylic acids is 1. The van der Waals surface area contributed by atoms with E-state index in [0.717, 1.165) is 5.56 Å². The molecule has 0 aliphatic heterocycles. The van der Waals surface area contributed by atoms with Crippen molar-refractivity contribution in [3.8, 4) is 0 Å². The molecular formula is C18H19NO3. The van der Waals surface area contributed by atoms with Gasteiger partial charge in [-0.05, 0) is 25.0 Å². The number of carbonyl (C=O) groups is 2. The molecule has 2 atom stereocenters. The van der Waals surface area contributed by atoms with E-state index in [2.05, 4.69) is 0 Å². The summed E-state index contributed by atoms with van der Waals surface area (Å²) in [5.41, 5.74) is 0.901. The maximum atomic E-state index is 12.5. The van der Waals surface area contributed by atoms with Crippen LogP contribution in [-0.4, -0.2) is 34.0 Å². The minimum absolute atomic E-state index is 0.232. The van der Waals surface area contributed by atoms with E-state index in [0.29, 0.717) is 6.42 Å². The Balaban J connectivity index is 2.19. The van der Waals surface area contributed by atoms with E-state index >= 15 is 0 Å². The fourth-order valence-corrected chi connectivity index (χ4v) is 2.35. The van der Waals surface area contributed by atoms with Crippen molar-refractivity contribution in [1.29, 1.82) is 0 Å². The van der Waals surface area contributed by atoms with Crippen LogP contribution in [0.3, 0.4) is 0 Å². The van der Waals surface area contributed by atoms with E-state index < -0.39 is 12.0 Å². The van der Waals surface area contributed by atoms with Gasteiger partial charge in [0, 0.05) is 6.08 Å². The van der Waals surface area contributed by atoms with Gasteiger partial charge in [0.05, 0.1) is 6.04 Å². The third-order valence-electron chi connectivity index (χ3n) is 3.56. The topological polar surface area (TPSA) is 57.6 Å². The van der Waals surface area contributed by atoms with Crippen LogP contribution in [0.4, 0.5) is 0 Å². The average molecular weight is 297 g/mol. The predicted octanol–water partition coefficient (Wildman–Crippen LogP) is 2.89. The summed E-state index contributed by atoms with van der Waals surface area (Å²) in [5, 5.41) is 9.26. The van der Waals surface area contributed by atoms with Crippen molar-refractivity contribution >= 4 is 18.0 Å². The molecule has 0 bridgehead atoms. The minimum atomic E-state index is -1.01. The highest BCUT2D eigenvalue weighted by atomic mass is 16.4. The van der Waals surface area contributed by atoms with Crippen LogP contribution in [0.5, 0.6) is 0 Å². The second-order valence-corrected chi connectivity index (χ2v) is 5.12. The second-order valence-electron chi connectivity index (χ2n) is 5.12. The van der Waals surface area contributed by atoms with Crippen molar-refractivity contribution < 1.29 is 14.7 Å². The Morgan fingerprint density at radius 2 is 2.00 bits per heavy atom. The highest BCUT2D eigenvalue weighted by Crippen LogP contribution is 2.16. The van der Waals surface area contributed by atoms with Gasteiger partial charge >= 0.3 is 5.97 Å². The molecule has 0 saturated heterocycles. The standard InChI is InChI=1S/C18H19NO3/c1-14(18(21)22)19(16-10-6-3-7-11-16)17(20)13-12-15-8-4-2-5-9-15/h2-10,12-14,16H,11H2,1H3,(H,21,22)/t14-,16?/m0/s1. The van der Waals surface area contributed by atoms with Gasteiger partial charge in [0.2, 0.25) is 5.91 Å². The van der Waals surface area contributed by atoms with Gasteiger partial charge in [-0.1, -0.05) is 54.6 Å². The summed E-state index contributed by atoms with van der Waals surface area (Å²) >= 11 is 0. The van der Waals surface area contributed by atoms with Crippen molar-refractivity contribution in [1.82, 2.24) is 4.90 Å². The number of hydrogen-bond acceptors (Lipinski definition) is 2. The Morgan fingerprint density at radius 3 is 2.59 bits per heavy atom. The summed E-state index contributed by atoms with van der Waals surface area (Å²) in [6, 6.07) is 8.33. The largest absolute Gasteiger partial charge is 0.480 e. The lowest BCUT2D eigenvalue weighted by molar-refractivity contribution is -0.148. The summed E-state index contributed by atoms with van der Waals surface area (Å²) in [7, 11) is 0. The van der Waals surface area contributed by atoms with Crippen molar-refractivity contribution in [2.24, 2.45) is 0 Å². The molecule has 1 aromatic carbocycles. The van der Waals surface area contributed by atoms with Crippen LogP contribution in [0.25, 0.3) is 6.08 Å². The second kappa shape index (κ2) is 7.41. The highest BCUT2D eigenvalue weighted by Gasteiger charge is 2.29. The summed E-state index contributed by atoms with van der Waals surface area (Å²) in [6.45, 7) is 1.53. The smallest absolute Gasteiger partial charge is 0.326 e. The molecule has 114 valence electrons. The lowest BCUT2D eigenvalue weighted by Gasteiger charge is -2.32. The van der Waals surface area contributed by atoms with Crippen LogP contribution in [0.2, 0.25) is 0 Å². The molecule has 1 N–H and O–H groups in total. The van der Waals surface area contributed by atoms with Gasteiger partial charge in [0.25, 0.3) is 0 Å². The maximum Gasteiger partial charge on any atom is 0.326 e. The molecule has 4 nitrogen and oxygen atoms in total. The van der Waals surface area contributed by atoms with E-state index in [1.807, 2.05) is 54.6 Å². The Hall–Kier alpha value is -2.62. The van der Waals surface area contributed by atoms with E-state index in [-0.39, 0.29) is 11.9 Å². The average Bonchev–Trinajstić information content (AvgIpc) is 2.55. The third kappa shape index (κ3) is 3.95. The van der Waals surface area contributed by atoms with E-state index in [9.17, 15) is 14.7 Å². The molecule has 0 spiro atoms. The molecule has 1 unspecified atom stereocenters. The number of carboxylic acids is 1. The zero-order valence-electron chi connectivity index (χ0n) is 12.4. The van der Waals surface area contributed by atoms with Crippen molar-refractivity contribution in [3.05, 3.63) is 66.3 Å². The predicted molar refractivity (Wildman–Crippen MR) is 86.1 cm³/mol. The minimum Gasteiger partial charge on any atom is -0.480 e. The lowest BCUT2D eigenvalue weighted by Crippen LogP contribution is -2.48. The van der Waals surface area contributed by atoms with Crippen LogP contribution < -0.4 is 0 Å². The van der Waals surface area contributed by atoms with Gasteiger partial charge in [0.1, 0.15) is 6.04 Å². The molecule has 1 amide bonds. The molecule has 0 fully saturated rings. The van der Waals surface area contributed by atoms with Crippen molar-refractivity contribution in [2.45, 2.75) is 25.4 Å². The van der Waals surface area contributed by atoms with Gasteiger partial charge < -0.3 is 10.0 Å². The van der Waals surface area contributed by atoms with Gasteiger partial charge in [-0.25, -0.2) is 4.79 Å². The van der Waals surface area contributed by atoms with E-state index in [1.54, 1.807) is 6.08 Å². The summed E-state index contributed by atoms with van der Waals surface area (Å²) in [4.78, 5) is 25.2. The van der Waals surface area contributed by atoms with Gasteiger partial charge in [-0.2, -0.15) is 0 Å². The normalized spacial score (nSPS) is 18.3. The molecule has 22 heavy (non-hydrogen) atoms.